The average Bonchev–Trinajstić information content (AvgIpc) is 3.33. The Bertz CT molecular complexity index is 1080. The Morgan fingerprint density at radius 2 is 1.93 bits per heavy atom. The van der Waals surface area contributed by atoms with E-state index in [-0.39, 0.29) is 29.2 Å². The zero-order valence-electron chi connectivity index (χ0n) is 15.3. The maximum atomic E-state index is 13.0. The molecule has 2 heterocycles. The molecule has 1 fully saturated rings. The fourth-order valence-corrected chi connectivity index (χ4v) is 6.06. The molecule has 2 aromatic carbocycles. The van der Waals surface area contributed by atoms with Crippen LogP contribution in [0.2, 0.25) is 0 Å². The smallest absolute Gasteiger partial charge is 0.233 e. The van der Waals surface area contributed by atoms with E-state index in [0.717, 1.165) is 15.7 Å². The maximum Gasteiger partial charge on any atom is 0.233 e. The summed E-state index contributed by atoms with van der Waals surface area (Å²) in [5, 5.41) is 2.29. The summed E-state index contributed by atoms with van der Waals surface area (Å²) < 4.78 is 29.2. The van der Waals surface area contributed by atoms with Crippen molar-refractivity contribution < 1.29 is 17.6 Å². The predicted octanol–water partition coefficient (Wildman–Crippen LogP) is 3.74. The zero-order valence-corrected chi connectivity index (χ0v) is 16.9. The van der Waals surface area contributed by atoms with Gasteiger partial charge in [-0.15, -0.1) is 11.8 Å². The number of carbonyl (C=O) groups is 1. The first-order valence-corrected chi connectivity index (χ1v) is 11.9. The van der Waals surface area contributed by atoms with Gasteiger partial charge < -0.3 is 9.32 Å². The highest BCUT2D eigenvalue weighted by molar-refractivity contribution is 8.00. The van der Waals surface area contributed by atoms with Crippen LogP contribution in [0.1, 0.15) is 12.2 Å². The van der Waals surface area contributed by atoms with Gasteiger partial charge in [0.15, 0.2) is 9.84 Å². The molecule has 0 aliphatic carbocycles. The summed E-state index contributed by atoms with van der Waals surface area (Å²) in [6.07, 6.45) is 2.04. The van der Waals surface area contributed by atoms with Crippen LogP contribution in [0.3, 0.4) is 0 Å². The van der Waals surface area contributed by atoms with Crippen LogP contribution in [0, 0.1) is 0 Å². The molecule has 0 spiro atoms. The number of benzene rings is 2. The van der Waals surface area contributed by atoms with Gasteiger partial charge in [0.1, 0.15) is 5.76 Å². The molecule has 0 bridgehead atoms. The third-order valence-corrected chi connectivity index (χ3v) is 7.69. The molecular weight excluding hydrogens is 394 g/mol. The quantitative estimate of drug-likeness (QED) is 0.574. The highest BCUT2D eigenvalue weighted by Crippen LogP contribution is 2.26. The molecular formula is C21H21NO4S2. The summed E-state index contributed by atoms with van der Waals surface area (Å²) in [5.74, 6) is 1.01. The Morgan fingerprint density at radius 1 is 1.11 bits per heavy atom. The van der Waals surface area contributed by atoms with Crippen LogP contribution < -0.4 is 0 Å². The second kappa shape index (κ2) is 8.01. The van der Waals surface area contributed by atoms with Crippen LogP contribution in [-0.4, -0.2) is 42.5 Å². The molecule has 28 heavy (non-hydrogen) atoms. The minimum atomic E-state index is -3.08. The van der Waals surface area contributed by atoms with Crippen molar-refractivity contribution in [2.75, 3.05) is 17.3 Å². The van der Waals surface area contributed by atoms with Crippen molar-refractivity contribution in [3.05, 3.63) is 66.6 Å². The average molecular weight is 416 g/mol. The van der Waals surface area contributed by atoms with Gasteiger partial charge in [0.25, 0.3) is 0 Å². The second-order valence-electron chi connectivity index (χ2n) is 6.96. The van der Waals surface area contributed by atoms with Crippen molar-refractivity contribution in [3.8, 4) is 0 Å². The third kappa shape index (κ3) is 4.42. The van der Waals surface area contributed by atoms with E-state index in [1.165, 1.54) is 11.8 Å². The lowest BCUT2D eigenvalue weighted by Crippen LogP contribution is -2.41. The lowest BCUT2D eigenvalue weighted by atomic mass is 10.1. The molecule has 3 aromatic rings. The molecule has 0 saturated carbocycles. The Morgan fingerprint density at radius 3 is 2.64 bits per heavy atom. The van der Waals surface area contributed by atoms with E-state index in [1.807, 2.05) is 30.3 Å². The van der Waals surface area contributed by atoms with Gasteiger partial charge >= 0.3 is 0 Å². The highest BCUT2D eigenvalue weighted by atomic mass is 32.2. The van der Waals surface area contributed by atoms with E-state index in [4.69, 9.17) is 4.42 Å². The van der Waals surface area contributed by atoms with E-state index in [0.29, 0.717) is 18.7 Å². The Hall–Kier alpha value is -2.25. The van der Waals surface area contributed by atoms with Gasteiger partial charge in [-0.1, -0.05) is 30.3 Å². The van der Waals surface area contributed by atoms with Crippen molar-refractivity contribution in [2.24, 2.45) is 0 Å². The molecule has 1 aromatic heterocycles. The van der Waals surface area contributed by atoms with Gasteiger partial charge in [-0.05, 0) is 41.5 Å². The molecule has 1 amide bonds. The van der Waals surface area contributed by atoms with Crippen molar-refractivity contribution in [1.29, 1.82) is 0 Å². The van der Waals surface area contributed by atoms with E-state index in [1.54, 1.807) is 23.3 Å². The van der Waals surface area contributed by atoms with Gasteiger partial charge in [0.2, 0.25) is 5.91 Å². The number of rotatable bonds is 6. The number of sulfone groups is 1. The second-order valence-corrected chi connectivity index (χ2v) is 10.2. The molecule has 7 heteroatoms. The molecule has 4 rings (SSSR count). The zero-order chi connectivity index (χ0) is 19.6. The van der Waals surface area contributed by atoms with Crippen LogP contribution in [0.5, 0.6) is 0 Å². The standard InChI is InChI=1S/C21H21NO4S2/c23-21(14-27-20-8-7-16-4-1-2-5-17(16)12-20)22(13-19-6-3-10-26-19)18-9-11-28(24,25)15-18/h1-8,10,12,18H,9,11,13-15H2/t18-/m1/s1. The first-order chi connectivity index (χ1) is 13.5. The number of hydrogen-bond acceptors (Lipinski definition) is 5. The largest absolute Gasteiger partial charge is 0.467 e. The van der Waals surface area contributed by atoms with Crippen LogP contribution in [0.15, 0.2) is 70.2 Å². The summed E-state index contributed by atoms with van der Waals surface area (Å²) >= 11 is 1.47. The Balaban J connectivity index is 1.48. The molecule has 1 saturated heterocycles. The summed E-state index contributed by atoms with van der Waals surface area (Å²) in [4.78, 5) is 15.7. The van der Waals surface area contributed by atoms with Gasteiger partial charge in [-0.3, -0.25) is 4.79 Å². The van der Waals surface area contributed by atoms with Gasteiger partial charge in [0.05, 0.1) is 30.1 Å². The summed E-state index contributed by atoms with van der Waals surface area (Å²) in [6, 6.07) is 17.5. The number of amides is 1. The predicted molar refractivity (Wildman–Crippen MR) is 111 cm³/mol. The molecule has 1 aliphatic heterocycles. The lowest BCUT2D eigenvalue weighted by molar-refractivity contribution is -0.131. The fourth-order valence-electron chi connectivity index (χ4n) is 3.50. The number of hydrogen-bond donors (Lipinski definition) is 0. The normalized spacial score (nSPS) is 18.4. The minimum absolute atomic E-state index is 0.0279. The Kier molecular flexibility index (Phi) is 5.46. The van der Waals surface area contributed by atoms with Crippen LogP contribution in [-0.2, 0) is 21.2 Å². The Labute approximate surface area is 168 Å². The van der Waals surface area contributed by atoms with Crippen molar-refractivity contribution >= 4 is 38.3 Å². The van der Waals surface area contributed by atoms with Gasteiger partial charge in [-0.2, -0.15) is 0 Å². The number of carbonyl (C=O) groups excluding carboxylic acids is 1. The number of nitrogens with zero attached hydrogens (tertiary/aromatic N) is 1. The maximum absolute atomic E-state index is 13.0. The first-order valence-electron chi connectivity index (χ1n) is 9.14. The van der Waals surface area contributed by atoms with E-state index in [2.05, 4.69) is 12.1 Å². The first kappa shape index (κ1) is 19.1. The van der Waals surface area contributed by atoms with Gasteiger partial charge in [0, 0.05) is 10.9 Å². The minimum Gasteiger partial charge on any atom is -0.467 e. The number of furan rings is 1. The van der Waals surface area contributed by atoms with Crippen molar-refractivity contribution in [2.45, 2.75) is 23.9 Å². The SMILES string of the molecule is O=C(CSc1ccc2ccccc2c1)N(Cc1ccco1)[C@@H]1CCS(=O)(=O)C1. The van der Waals surface area contributed by atoms with E-state index >= 15 is 0 Å². The van der Waals surface area contributed by atoms with Crippen LogP contribution in [0.4, 0.5) is 0 Å². The summed E-state index contributed by atoms with van der Waals surface area (Å²) in [7, 11) is -3.08. The number of fused-ring (bicyclic) bond motifs is 1. The summed E-state index contributed by atoms with van der Waals surface area (Å²) in [6.45, 7) is 0.296. The fraction of sp³-hybridized carbons (Fsp3) is 0.286. The highest BCUT2D eigenvalue weighted by Gasteiger charge is 2.35. The molecule has 0 unspecified atom stereocenters. The van der Waals surface area contributed by atoms with E-state index in [9.17, 15) is 13.2 Å². The molecule has 0 radical (unpaired) electrons. The van der Waals surface area contributed by atoms with Crippen LogP contribution >= 0.6 is 11.8 Å². The van der Waals surface area contributed by atoms with Crippen LogP contribution in [0.25, 0.3) is 10.8 Å². The van der Waals surface area contributed by atoms with Crippen molar-refractivity contribution in [1.82, 2.24) is 4.90 Å². The van der Waals surface area contributed by atoms with E-state index < -0.39 is 9.84 Å². The molecule has 5 nitrogen and oxygen atoms in total. The lowest BCUT2D eigenvalue weighted by Gasteiger charge is -2.27. The number of thioether (sulfide) groups is 1. The molecule has 1 atom stereocenters. The topological polar surface area (TPSA) is 67.6 Å². The molecule has 1 aliphatic rings. The molecule has 146 valence electrons. The summed E-state index contributed by atoms with van der Waals surface area (Å²) in [5.41, 5.74) is 0. The third-order valence-electron chi connectivity index (χ3n) is 4.96. The monoisotopic (exact) mass is 415 g/mol. The van der Waals surface area contributed by atoms with Gasteiger partial charge in [-0.25, -0.2) is 8.42 Å². The van der Waals surface area contributed by atoms with Crippen molar-refractivity contribution in [3.63, 3.8) is 0 Å². The molecule has 0 N–H and O–H groups in total.